The van der Waals surface area contributed by atoms with Gasteiger partial charge >= 0.3 is 0 Å². The monoisotopic (exact) mass is 255 g/mol. The van der Waals surface area contributed by atoms with Crippen molar-refractivity contribution in [3.05, 3.63) is 0 Å². The highest BCUT2D eigenvalue weighted by molar-refractivity contribution is 4.78. The van der Waals surface area contributed by atoms with E-state index in [1.807, 2.05) is 0 Å². The second-order valence-electron chi connectivity index (χ2n) is 5.88. The van der Waals surface area contributed by atoms with E-state index in [1.54, 1.807) is 0 Å². The van der Waals surface area contributed by atoms with Crippen LogP contribution < -0.4 is 5.32 Å². The fourth-order valence-electron chi connectivity index (χ4n) is 3.01. The molecule has 4 nitrogen and oxygen atoms in total. The number of piperidine rings is 1. The Bertz CT molecular complexity index is 231. The number of hydrogen-bond acceptors (Lipinski definition) is 4. The predicted octanol–water partition coefficient (Wildman–Crippen LogP) is 0.781. The second kappa shape index (κ2) is 7.43. The van der Waals surface area contributed by atoms with E-state index in [1.165, 1.54) is 38.8 Å². The Labute approximate surface area is 112 Å². The minimum Gasteiger partial charge on any atom is -0.377 e. The van der Waals surface area contributed by atoms with Gasteiger partial charge in [-0.05, 0) is 46.3 Å². The average Bonchev–Trinajstić information content (AvgIpc) is 2.87. The SMILES string of the molecule is CN1CCCC(N(C)CCNCC2CCCO2)C1. The van der Waals surface area contributed by atoms with Crippen molar-refractivity contribution in [1.29, 1.82) is 0 Å². The summed E-state index contributed by atoms with van der Waals surface area (Å²) in [6, 6.07) is 0.744. The number of likely N-dealkylation sites (tertiary alicyclic amines) is 1. The lowest BCUT2D eigenvalue weighted by Crippen LogP contribution is -2.47. The molecule has 0 radical (unpaired) electrons. The molecule has 0 aliphatic carbocycles. The molecule has 0 amide bonds. The molecule has 0 aromatic rings. The van der Waals surface area contributed by atoms with Gasteiger partial charge in [0.2, 0.25) is 0 Å². The van der Waals surface area contributed by atoms with E-state index in [0.29, 0.717) is 6.10 Å². The van der Waals surface area contributed by atoms with E-state index in [9.17, 15) is 0 Å². The first kappa shape index (κ1) is 14.3. The molecule has 0 aromatic heterocycles. The average molecular weight is 255 g/mol. The standard InChI is InChI=1S/C14H29N3O/c1-16-8-3-5-13(12-16)17(2)9-7-15-11-14-6-4-10-18-14/h13-15H,3-12H2,1-2H3. The summed E-state index contributed by atoms with van der Waals surface area (Å²) in [7, 11) is 4.49. The van der Waals surface area contributed by atoms with Gasteiger partial charge in [0.1, 0.15) is 0 Å². The first-order valence-corrected chi connectivity index (χ1v) is 7.47. The van der Waals surface area contributed by atoms with Gasteiger partial charge in [-0.25, -0.2) is 0 Å². The molecule has 0 spiro atoms. The summed E-state index contributed by atoms with van der Waals surface area (Å²) in [5.74, 6) is 0. The first-order valence-electron chi connectivity index (χ1n) is 7.47. The van der Waals surface area contributed by atoms with Gasteiger partial charge in [0.05, 0.1) is 6.10 Å². The van der Waals surface area contributed by atoms with Crippen molar-refractivity contribution in [1.82, 2.24) is 15.1 Å². The van der Waals surface area contributed by atoms with Gasteiger partial charge in [-0.2, -0.15) is 0 Å². The first-order chi connectivity index (χ1) is 8.75. The molecule has 4 heteroatoms. The smallest absolute Gasteiger partial charge is 0.0700 e. The van der Waals surface area contributed by atoms with Crippen molar-refractivity contribution in [3.63, 3.8) is 0 Å². The van der Waals surface area contributed by atoms with E-state index in [2.05, 4.69) is 29.2 Å². The molecular formula is C14H29N3O. The minimum atomic E-state index is 0.469. The van der Waals surface area contributed by atoms with Crippen LogP contribution in [0.4, 0.5) is 0 Å². The highest BCUT2D eigenvalue weighted by Crippen LogP contribution is 2.13. The lowest BCUT2D eigenvalue weighted by molar-refractivity contribution is 0.106. The summed E-state index contributed by atoms with van der Waals surface area (Å²) < 4.78 is 5.61. The Kier molecular flexibility index (Phi) is 5.89. The maximum absolute atomic E-state index is 5.61. The summed E-state index contributed by atoms with van der Waals surface area (Å²) in [4.78, 5) is 4.96. The van der Waals surface area contributed by atoms with Crippen molar-refractivity contribution in [2.45, 2.75) is 37.8 Å². The van der Waals surface area contributed by atoms with E-state index in [0.717, 1.165) is 32.3 Å². The topological polar surface area (TPSA) is 27.7 Å². The zero-order valence-corrected chi connectivity index (χ0v) is 12.0. The molecule has 2 atom stereocenters. The fraction of sp³-hybridized carbons (Fsp3) is 1.00. The van der Waals surface area contributed by atoms with E-state index >= 15 is 0 Å². The predicted molar refractivity (Wildman–Crippen MR) is 75.0 cm³/mol. The van der Waals surface area contributed by atoms with Crippen molar-refractivity contribution in [2.75, 3.05) is 53.4 Å². The third kappa shape index (κ3) is 4.50. The van der Waals surface area contributed by atoms with Gasteiger partial charge in [-0.1, -0.05) is 0 Å². The maximum Gasteiger partial charge on any atom is 0.0700 e. The fourth-order valence-corrected chi connectivity index (χ4v) is 3.01. The van der Waals surface area contributed by atoms with Crippen LogP contribution in [0.3, 0.4) is 0 Å². The summed E-state index contributed by atoms with van der Waals surface area (Å²) in [6.07, 6.45) is 5.63. The number of hydrogen-bond donors (Lipinski definition) is 1. The van der Waals surface area contributed by atoms with Gasteiger partial charge in [-0.15, -0.1) is 0 Å². The van der Waals surface area contributed by atoms with Crippen molar-refractivity contribution in [3.8, 4) is 0 Å². The molecule has 0 bridgehead atoms. The van der Waals surface area contributed by atoms with Gasteiger partial charge in [0.15, 0.2) is 0 Å². The van der Waals surface area contributed by atoms with Crippen LogP contribution in [0.1, 0.15) is 25.7 Å². The largest absolute Gasteiger partial charge is 0.377 e. The summed E-state index contributed by atoms with van der Waals surface area (Å²) in [5, 5.41) is 3.53. The summed E-state index contributed by atoms with van der Waals surface area (Å²) in [5.41, 5.74) is 0. The number of likely N-dealkylation sites (N-methyl/N-ethyl adjacent to an activating group) is 2. The number of ether oxygens (including phenoxy) is 1. The van der Waals surface area contributed by atoms with Gasteiger partial charge < -0.3 is 19.9 Å². The highest BCUT2D eigenvalue weighted by atomic mass is 16.5. The molecule has 2 unspecified atom stereocenters. The van der Waals surface area contributed by atoms with Crippen LogP contribution in [-0.2, 0) is 4.74 Å². The number of nitrogens with one attached hydrogen (secondary N) is 1. The minimum absolute atomic E-state index is 0.469. The number of rotatable bonds is 6. The lowest BCUT2D eigenvalue weighted by Gasteiger charge is -2.36. The molecule has 2 fully saturated rings. The molecule has 2 aliphatic rings. The summed E-state index contributed by atoms with van der Waals surface area (Å²) in [6.45, 7) is 6.70. The molecular weight excluding hydrogens is 226 g/mol. The quantitative estimate of drug-likeness (QED) is 0.710. The van der Waals surface area contributed by atoms with Gasteiger partial charge in [-0.3, -0.25) is 0 Å². The molecule has 18 heavy (non-hydrogen) atoms. The molecule has 2 saturated heterocycles. The van der Waals surface area contributed by atoms with E-state index in [-0.39, 0.29) is 0 Å². The lowest BCUT2D eigenvalue weighted by atomic mass is 10.1. The molecule has 2 rings (SSSR count). The van der Waals surface area contributed by atoms with Crippen LogP contribution in [0.5, 0.6) is 0 Å². The summed E-state index contributed by atoms with van der Waals surface area (Å²) >= 11 is 0. The Morgan fingerprint density at radius 1 is 1.33 bits per heavy atom. The normalized spacial score (nSPS) is 30.2. The molecule has 0 aromatic carbocycles. The Morgan fingerprint density at radius 3 is 2.94 bits per heavy atom. The highest BCUT2D eigenvalue weighted by Gasteiger charge is 2.20. The van der Waals surface area contributed by atoms with Crippen LogP contribution >= 0.6 is 0 Å². The van der Waals surface area contributed by atoms with Crippen LogP contribution in [0, 0.1) is 0 Å². The van der Waals surface area contributed by atoms with Crippen LogP contribution in [0.25, 0.3) is 0 Å². The van der Waals surface area contributed by atoms with Crippen LogP contribution in [-0.4, -0.2) is 75.4 Å². The third-order valence-corrected chi connectivity index (χ3v) is 4.26. The van der Waals surface area contributed by atoms with Gasteiger partial charge in [0, 0.05) is 38.8 Å². The molecule has 0 saturated carbocycles. The maximum atomic E-state index is 5.61. The second-order valence-corrected chi connectivity index (χ2v) is 5.88. The molecule has 2 aliphatic heterocycles. The Balaban J connectivity index is 1.54. The van der Waals surface area contributed by atoms with Gasteiger partial charge in [0.25, 0.3) is 0 Å². The van der Waals surface area contributed by atoms with E-state index < -0.39 is 0 Å². The third-order valence-electron chi connectivity index (χ3n) is 4.26. The molecule has 1 N–H and O–H groups in total. The van der Waals surface area contributed by atoms with E-state index in [4.69, 9.17) is 4.74 Å². The van der Waals surface area contributed by atoms with Crippen LogP contribution in [0.15, 0.2) is 0 Å². The Hall–Kier alpha value is -0.160. The van der Waals surface area contributed by atoms with Crippen molar-refractivity contribution in [2.24, 2.45) is 0 Å². The van der Waals surface area contributed by atoms with Crippen molar-refractivity contribution >= 4 is 0 Å². The van der Waals surface area contributed by atoms with Crippen molar-refractivity contribution < 1.29 is 4.74 Å². The number of nitrogens with zero attached hydrogens (tertiary/aromatic N) is 2. The molecule has 2 heterocycles. The zero-order valence-electron chi connectivity index (χ0n) is 12.0. The molecule has 106 valence electrons. The zero-order chi connectivity index (χ0) is 12.8. The Morgan fingerprint density at radius 2 is 2.22 bits per heavy atom. The van der Waals surface area contributed by atoms with Crippen LogP contribution in [0.2, 0.25) is 0 Å².